The number of nitrogens with zero attached hydrogens (tertiary/aromatic N) is 2. The molecule has 0 bridgehead atoms. The van der Waals surface area contributed by atoms with Crippen LogP contribution in [0.3, 0.4) is 0 Å². The quantitative estimate of drug-likeness (QED) is 0.346. The predicted octanol–water partition coefficient (Wildman–Crippen LogP) is 4.35. The highest BCUT2D eigenvalue weighted by atomic mass is 19.1. The number of carbonyl (C=O) groups is 2. The standard InChI is InChI=1S/C30H35FN4O5/c1-18-28-23(14-24(31)29(18)34-12-10-21(17-34)19(2)33-30(38)39)25(15-27(37)35(28)22-8-9-22)40-13-11-26(36)32-16-20-6-4-3-5-7-20/h3-7,14-15,19,21-22,33H,8-13,16-17H2,1-2H3,(H,32,36)(H,38,39)/t19-,21+/m0/s1. The summed E-state index contributed by atoms with van der Waals surface area (Å²) in [5.74, 6) is -0.297. The highest BCUT2D eigenvalue weighted by Gasteiger charge is 2.33. The van der Waals surface area contributed by atoms with Gasteiger partial charge in [-0.15, -0.1) is 0 Å². The SMILES string of the molecule is Cc1c(N2CC[C@@H]([C@H](C)NC(=O)O)C2)c(F)cc2c(OCCC(=O)NCc3ccccc3)cc(=O)n(C3CC3)c12. The molecule has 0 spiro atoms. The maximum Gasteiger partial charge on any atom is 0.404 e. The molecule has 40 heavy (non-hydrogen) atoms. The Morgan fingerprint density at radius 3 is 2.62 bits per heavy atom. The van der Waals surface area contributed by atoms with Crippen molar-refractivity contribution in [3.8, 4) is 5.75 Å². The summed E-state index contributed by atoms with van der Waals surface area (Å²) in [6, 6.07) is 12.2. The zero-order valence-electron chi connectivity index (χ0n) is 22.8. The minimum Gasteiger partial charge on any atom is -0.492 e. The Morgan fingerprint density at radius 2 is 1.93 bits per heavy atom. The lowest BCUT2D eigenvalue weighted by molar-refractivity contribution is -0.121. The first-order valence-electron chi connectivity index (χ1n) is 13.8. The number of halogens is 1. The van der Waals surface area contributed by atoms with Crippen LogP contribution >= 0.6 is 0 Å². The number of hydrogen-bond acceptors (Lipinski definition) is 5. The summed E-state index contributed by atoms with van der Waals surface area (Å²) in [7, 11) is 0. The Hall–Kier alpha value is -4.08. The minimum absolute atomic E-state index is 0.0407. The smallest absolute Gasteiger partial charge is 0.404 e. The molecular formula is C30H35FN4O5. The van der Waals surface area contributed by atoms with Crippen molar-refractivity contribution in [2.24, 2.45) is 5.92 Å². The van der Waals surface area contributed by atoms with Gasteiger partial charge in [0.1, 0.15) is 11.6 Å². The average Bonchev–Trinajstić information content (AvgIpc) is 3.63. The number of carboxylic acid groups (broad SMARTS) is 1. The summed E-state index contributed by atoms with van der Waals surface area (Å²) in [5.41, 5.74) is 2.52. The molecule has 10 heteroatoms. The molecule has 2 atom stereocenters. The summed E-state index contributed by atoms with van der Waals surface area (Å²) >= 11 is 0. The molecule has 9 nitrogen and oxygen atoms in total. The predicted molar refractivity (Wildman–Crippen MR) is 151 cm³/mol. The number of fused-ring (bicyclic) bond motifs is 1. The van der Waals surface area contributed by atoms with Gasteiger partial charge in [0.05, 0.1) is 24.2 Å². The van der Waals surface area contributed by atoms with Crippen LogP contribution in [0.15, 0.2) is 47.3 Å². The van der Waals surface area contributed by atoms with Gasteiger partial charge >= 0.3 is 6.09 Å². The molecule has 3 aromatic rings. The van der Waals surface area contributed by atoms with E-state index in [4.69, 9.17) is 9.84 Å². The molecule has 2 amide bonds. The van der Waals surface area contributed by atoms with E-state index >= 15 is 4.39 Å². The van der Waals surface area contributed by atoms with Gasteiger partial charge in [0, 0.05) is 43.2 Å². The molecule has 0 unspecified atom stereocenters. The molecule has 2 fully saturated rings. The Balaban J connectivity index is 1.37. The Labute approximate surface area is 231 Å². The number of carbonyl (C=O) groups excluding carboxylic acids is 1. The number of aryl methyl sites for hydroxylation is 1. The van der Waals surface area contributed by atoms with Gasteiger partial charge in [0.15, 0.2) is 0 Å². The van der Waals surface area contributed by atoms with Crippen molar-refractivity contribution < 1.29 is 23.8 Å². The number of benzene rings is 2. The van der Waals surface area contributed by atoms with Gasteiger partial charge in [-0.1, -0.05) is 30.3 Å². The van der Waals surface area contributed by atoms with Gasteiger partial charge in [-0.05, 0) is 56.2 Å². The lowest BCUT2D eigenvalue weighted by Gasteiger charge is -2.26. The zero-order valence-corrected chi connectivity index (χ0v) is 22.8. The minimum atomic E-state index is -1.08. The second-order valence-corrected chi connectivity index (χ2v) is 10.8. The van der Waals surface area contributed by atoms with Crippen molar-refractivity contribution in [2.45, 2.75) is 58.2 Å². The lowest BCUT2D eigenvalue weighted by atomic mass is 10.0. The van der Waals surface area contributed by atoms with E-state index in [0.717, 1.165) is 24.8 Å². The molecule has 3 N–H and O–H groups in total. The van der Waals surface area contributed by atoms with Crippen LogP contribution in [0.4, 0.5) is 14.9 Å². The second-order valence-electron chi connectivity index (χ2n) is 10.8. The van der Waals surface area contributed by atoms with Crippen LogP contribution < -0.4 is 25.8 Å². The van der Waals surface area contributed by atoms with Gasteiger partial charge in [-0.25, -0.2) is 9.18 Å². The van der Waals surface area contributed by atoms with Crippen molar-refractivity contribution in [3.05, 3.63) is 69.8 Å². The number of anilines is 1. The van der Waals surface area contributed by atoms with Crippen molar-refractivity contribution in [2.75, 3.05) is 24.6 Å². The summed E-state index contributed by atoms with van der Waals surface area (Å²) in [6.45, 7) is 5.20. The van der Waals surface area contributed by atoms with Crippen molar-refractivity contribution in [1.82, 2.24) is 15.2 Å². The fourth-order valence-electron chi connectivity index (χ4n) is 5.68. The third-order valence-electron chi connectivity index (χ3n) is 7.89. The second kappa shape index (κ2) is 11.6. The number of rotatable bonds is 10. The molecule has 2 aliphatic rings. The summed E-state index contributed by atoms with van der Waals surface area (Å²) in [5, 5.41) is 15.0. The lowest BCUT2D eigenvalue weighted by Crippen LogP contribution is -2.38. The number of nitrogens with one attached hydrogen (secondary N) is 2. The fourth-order valence-corrected chi connectivity index (χ4v) is 5.68. The molecule has 2 aromatic carbocycles. The van der Waals surface area contributed by atoms with Crippen LogP contribution in [0.2, 0.25) is 0 Å². The molecule has 2 heterocycles. The molecule has 1 aliphatic heterocycles. The molecule has 1 aromatic heterocycles. The number of aromatic nitrogens is 1. The average molecular weight is 551 g/mol. The van der Waals surface area contributed by atoms with E-state index in [9.17, 15) is 14.4 Å². The van der Waals surface area contributed by atoms with Crippen LogP contribution in [-0.2, 0) is 11.3 Å². The van der Waals surface area contributed by atoms with E-state index < -0.39 is 11.9 Å². The van der Waals surface area contributed by atoms with Gasteiger partial charge in [0.2, 0.25) is 5.91 Å². The van der Waals surface area contributed by atoms with Crippen LogP contribution in [-0.4, -0.2) is 47.4 Å². The molecule has 1 saturated carbocycles. The first-order valence-corrected chi connectivity index (χ1v) is 13.8. The fraction of sp³-hybridized carbons (Fsp3) is 0.433. The van der Waals surface area contributed by atoms with Crippen LogP contribution in [0.5, 0.6) is 5.75 Å². The van der Waals surface area contributed by atoms with E-state index in [1.54, 1.807) is 4.57 Å². The molecule has 212 valence electrons. The molecule has 1 saturated heterocycles. The Kier molecular flexibility index (Phi) is 7.95. The van der Waals surface area contributed by atoms with Gasteiger partial charge in [-0.3, -0.25) is 9.59 Å². The summed E-state index contributed by atoms with van der Waals surface area (Å²) in [6.07, 6.45) is 1.51. The summed E-state index contributed by atoms with van der Waals surface area (Å²) in [4.78, 5) is 38.6. The molecular weight excluding hydrogens is 515 g/mol. The number of pyridine rings is 1. The number of amides is 2. The molecule has 0 radical (unpaired) electrons. The molecule has 5 rings (SSSR count). The van der Waals surface area contributed by atoms with E-state index in [-0.39, 0.29) is 48.2 Å². The Morgan fingerprint density at radius 1 is 1.18 bits per heavy atom. The van der Waals surface area contributed by atoms with Crippen LogP contribution in [0.1, 0.15) is 49.8 Å². The van der Waals surface area contributed by atoms with Crippen LogP contribution in [0, 0.1) is 18.7 Å². The van der Waals surface area contributed by atoms with E-state index in [1.807, 2.05) is 49.1 Å². The highest BCUT2D eigenvalue weighted by molar-refractivity contribution is 5.92. The first-order chi connectivity index (χ1) is 19.2. The topological polar surface area (TPSA) is 113 Å². The molecule has 1 aliphatic carbocycles. The summed E-state index contributed by atoms with van der Waals surface area (Å²) < 4.78 is 23.4. The van der Waals surface area contributed by atoms with E-state index in [1.165, 1.54) is 12.1 Å². The maximum absolute atomic E-state index is 15.8. The third kappa shape index (κ3) is 5.90. The van der Waals surface area contributed by atoms with Crippen molar-refractivity contribution >= 4 is 28.6 Å². The Bertz CT molecular complexity index is 1470. The van der Waals surface area contributed by atoms with E-state index in [2.05, 4.69) is 10.6 Å². The number of hydrogen-bond donors (Lipinski definition) is 3. The first kappa shape index (κ1) is 27.5. The monoisotopic (exact) mass is 550 g/mol. The zero-order chi connectivity index (χ0) is 28.4. The van der Waals surface area contributed by atoms with Crippen molar-refractivity contribution in [3.63, 3.8) is 0 Å². The maximum atomic E-state index is 15.8. The van der Waals surface area contributed by atoms with Crippen molar-refractivity contribution in [1.29, 1.82) is 0 Å². The van der Waals surface area contributed by atoms with Gasteiger partial charge < -0.3 is 29.9 Å². The van der Waals surface area contributed by atoms with Gasteiger partial charge in [0.25, 0.3) is 5.56 Å². The number of ether oxygens (including phenoxy) is 1. The van der Waals surface area contributed by atoms with Crippen LogP contribution in [0.25, 0.3) is 10.9 Å². The van der Waals surface area contributed by atoms with Gasteiger partial charge in [-0.2, -0.15) is 0 Å². The largest absolute Gasteiger partial charge is 0.492 e. The highest BCUT2D eigenvalue weighted by Crippen LogP contribution is 2.42. The van der Waals surface area contributed by atoms with E-state index in [0.29, 0.717) is 41.8 Å². The third-order valence-corrected chi connectivity index (χ3v) is 7.89. The normalized spacial score (nSPS) is 17.6.